The van der Waals surface area contributed by atoms with Crippen LogP contribution in [-0.4, -0.2) is 46.5 Å². The van der Waals surface area contributed by atoms with Gasteiger partial charge in [0.25, 0.3) is 0 Å². The van der Waals surface area contributed by atoms with E-state index in [0.29, 0.717) is 0 Å². The first kappa shape index (κ1) is 15.1. The minimum Gasteiger partial charge on any atom is -0.377 e. The summed E-state index contributed by atoms with van der Waals surface area (Å²) in [7, 11) is 1.93. The van der Waals surface area contributed by atoms with Crippen molar-refractivity contribution in [3.8, 4) is 0 Å². The molecule has 1 aromatic heterocycles. The van der Waals surface area contributed by atoms with Crippen molar-refractivity contribution in [1.82, 2.24) is 14.7 Å². The number of nitrogens with one attached hydrogen (secondary N) is 1. The highest BCUT2D eigenvalue weighted by molar-refractivity contribution is 5.39. The number of morpholine rings is 1. The maximum absolute atomic E-state index is 5.96. The summed E-state index contributed by atoms with van der Waals surface area (Å²) in [5, 5.41) is 7.67. The van der Waals surface area contributed by atoms with Crippen molar-refractivity contribution in [2.45, 2.75) is 25.6 Å². The van der Waals surface area contributed by atoms with Gasteiger partial charge in [-0.3, -0.25) is 9.58 Å². The second-order valence-corrected chi connectivity index (χ2v) is 5.97. The Hall–Kier alpha value is -1.85. The maximum Gasteiger partial charge on any atom is 0.0900 e. The van der Waals surface area contributed by atoms with Crippen LogP contribution in [0.3, 0.4) is 0 Å². The molecule has 0 bridgehead atoms. The minimum absolute atomic E-state index is 0.192. The van der Waals surface area contributed by atoms with E-state index < -0.39 is 0 Å². The third-order valence-electron chi connectivity index (χ3n) is 4.08. The summed E-state index contributed by atoms with van der Waals surface area (Å²) >= 11 is 0. The Balaban J connectivity index is 1.55. The van der Waals surface area contributed by atoms with Crippen LogP contribution in [0, 0.1) is 0 Å². The number of nitrogens with zero attached hydrogens (tertiary/aromatic N) is 3. The first-order valence-electron chi connectivity index (χ1n) is 7.84. The van der Waals surface area contributed by atoms with E-state index in [1.807, 2.05) is 19.4 Å². The second-order valence-electron chi connectivity index (χ2n) is 5.97. The zero-order valence-corrected chi connectivity index (χ0v) is 13.3. The van der Waals surface area contributed by atoms with Crippen LogP contribution in [0.5, 0.6) is 0 Å². The molecule has 1 N–H and O–H groups in total. The van der Waals surface area contributed by atoms with E-state index in [-0.39, 0.29) is 12.1 Å². The number of aryl methyl sites for hydroxylation is 1. The van der Waals surface area contributed by atoms with Gasteiger partial charge in [-0.05, 0) is 12.5 Å². The fraction of sp³-hybridized carbons (Fsp3) is 0.471. The number of hydrogen-bond donors (Lipinski definition) is 1. The van der Waals surface area contributed by atoms with Gasteiger partial charge in [-0.25, -0.2) is 0 Å². The molecule has 2 unspecified atom stereocenters. The molecule has 1 aromatic carbocycles. The van der Waals surface area contributed by atoms with Crippen molar-refractivity contribution in [3.05, 3.63) is 48.3 Å². The summed E-state index contributed by atoms with van der Waals surface area (Å²) in [5.41, 5.74) is 2.40. The number of benzene rings is 1. The van der Waals surface area contributed by atoms with Crippen LogP contribution in [0.15, 0.2) is 42.7 Å². The summed E-state index contributed by atoms with van der Waals surface area (Å²) in [4.78, 5) is 2.46. The lowest BCUT2D eigenvalue weighted by Crippen LogP contribution is -2.48. The largest absolute Gasteiger partial charge is 0.377 e. The standard InChI is InChI=1S/C17H24N4O/c1-14(19-16-10-18-20(2)12-16)17-13-21(8-9-22-17)11-15-6-4-3-5-7-15/h3-7,10,12,14,17,19H,8-9,11,13H2,1-2H3. The van der Waals surface area contributed by atoms with E-state index in [1.54, 1.807) is 4.68 Å². The van der Waals surface area contributed by atoms with Crippen molar-refractivity contribution in [2.24, 2.45) is 7.05 Å². The second kappa shape index (κ2) is 6.94. The van der Waals surface area contributed by atoms with Gasteiger partial charge in [-0.1, -0.05) is 30.3 Å². The van der Waals surface area contributed by atoms with Crippen molar-refractivity contribution in [1.29, 1.82) is 0 Å². The number of anilines is 1. The molecule has 1 fully saturated rings. The molecule has 5 nitrogen and oxygen atoms in total. The molecule has 5 heteroatoms. The fourth-order valence-electron chi connectivity index (χ4n) is 2.87. The highest BCUT2D eigenvalue weighted by Gasteiger charge is 2.25. The van der Waals surface area contributed by atoms with Gasteiger partial charge >= 0.3 is 0 Å². The molecule has 0 radical (unpaired) electrons. The Kier molecular flexibility index (Phi) is 4.75. The lowest BCUT2D eigenvalue weighted by molar-refractivity contribution is -0.0373. The first-order valence-corrected chi connectivity index (χ1v) is 7.84. The van der Waals surface area contributed by atoms with Gasteiger partial charge in [0.1, 0.15) is 0 Å². The summed E-state index contributed by atoms with van der Waals surface area (Å²) < 4.78 is 7.76. The summed E-state index contributed by atoms with van der Waals surface area (Å²) in [6, 6.07) is 10.9. The molecule has 118 valence electrons. The summed E-state index contributed by atoms with van der Waals surface area (Å²) in [6.07, 6.45) is 4.03. The molecule has 3 rings (SSSR count). The summed E-state index contributed by atoms with van der Waals surface area (Å²) in [6.45, 7) is 5.88. The molecule has 0 spiro atoms. The topological polar surface area (TPSA) is 42.3 Å². The highest BCUT2D eigenvalue weighted by atomic mass is 16.5. The molecular formula is C17H24N4O. The average Bonchev–Trinajstić information content (AvgIpc) is 2.93. The molecule has 1 saturated heterocycles. The predicted octanol–water partition coefficient (Wildman–Crippen LogP) is 2.12. The molecule has 22 heavy (non-hydrogen) atoms. The Bertz CT molecular complexity index is 583. The highest BCUT2D eigenvalue weighted by Crippen LogP contribution is 2.16. The van der Waals surface area contributed by atoms with Crippen LogP contribution in [0.4, 0.5) is 5.69 Å². The first-order chi connectivity index (χ1) is 10.7. The molecule has 2 aromatic rings. The van der Waals surface area contributed by atoms with Gasteiger partial charge in [0.05, 0.1) is 30.6 Å². The Labute approximate surface area is 131 Å². The van der Waals surface area contributed by atoms with Crippen molar-refractivity contribution < 1.29 is 4.74 Å². The lowest BCUT2D eigenvalue weighted by atomic mass is 10.1. The van der Waals surface area contributed by atoms with Crippen molar-refractivity contribution >= 4 is 5.69 Å². The average molecular weight is 300 g/mol. The molecule has 2 atom stereocenters. The van der Waals surface area contributed by atoms with Crippen LogP contribution in [0.1, 0.15) is 12.5 Å². The number of ether oxygens (including phenoxy) is 1. The van der Waals surface area contributed by atoms with E-state index in [2.05, 4.69) is 52.6 Å². The van der Waals surface area contributed by atoms with Crippen LogP contribution in [-0.2, 0) is 18.3 Å². The monoisotopic (exact) mass is 300 g/mol. The van der Waals surface area contributed by atoms with Crippen molar-refractivity contribution in [2.75, 3.05) is 25.0 Å². The van der Waals surface area contributed by atoms with E-state index in [1.165, 1.54) is 5.56 Å². The molecule has 0 amide bonds. The Morgan fingerprint density at radius 2 is 2.18 bits per heavy atom. The van der Waals surface area contributed by atoms with Gasteiger partial charge in [-0.15, -0.1) is 0 Å². The van der Waals surface area contributed by atoms with Gasteiger partial charge in [0.2, 0.25) is 0 Å². The minimum atomic E-state index is 0.192. The molecule has 1 aliphatic heterocycles. The van der Waals surface area contributed by atoms with Gasteiger partial charge < -0.3 is 10.1 Å². The quantitative estimate of drug-likeness (QED) is 0.918. The molecule has 2 heterocycles. The van der Waals surface area contributed by atoms with Crippen LogP contribution < -0.4 is 5.32 Å². The molecule has 0 saturated carbocycles. The zero-order valence-electron chi connectivity index (χ0n) is 13.3. The van der Waals surface area contributed by atoms with Gasteiger partial charge in [0, 0.05) is 32.9 Å². The lowest BCUT2D eigenvalue weighted by Gasteiger charge is -2.36. The molecular weight excluding hydrogens is 276 g/mol. The van der Waals surface area contributed by atoms with Crippen molar-refractivity contribution in [3.63, 3.8) is 0 Å². The van der Waals surface area contributed by atoms with E-state index in [4.69, 9.17) is 4.74 Å². The predicted molar refractivity (Wildman–Crippen MR) is 87.8 cm³/mol. The fourth-order valence-corrected chi connectivity index (χ4v) is 2.87. The number of hydrogen-bond acceptors (Lipinski definition) is 4. The third-order valence-corrected chi connectivity index (χ3v) is 4.08. The Morgan fingerprint density at radius 3 is 2.91 bits per heavy atom. The Morgan fingerprint density at radius 1 is 1.36 bits per heavy atom. The zero-order chi connectivity index (χ0) is 15.4. The van der Waals surface area contributed by atoms with Crippen LogP contribution in [0.25, 0.3) is 0 Å². The van der Waals surface area contributed by atoms with Crippen LogP contribution >= 0.6 is 0 Å². The summed E-state index contributed by atoms with van der Waals surface area (Å²) in [5.74, 6) is 0. The third kappa shape index (κ3) is 3.87. The van der Waals surface area contributed by atoms with E-state index >= 15 is 0 Å². The maximum atomic E-state index is 5.96. The smallest absolute Gasteiger partial charge is 0.0900 e. The van der Waals surface area contributed by atoms with Gasteiger partial charge in [-0.2, -0.15) is 5.10 Å². The number of rotatable bonds is 5. The van der Waals surface area contributed by atoms with E-state index in [9.17, 15) is 0 Å². The normalized spacial score (nSPS) is 20.7. The molecule has 0 aliphatic carbocycles. The SMILES string of the molecule is CC(Nc1cnn(C)c1)C1CN(Cc2ccccc2)CCO1. The van der Waals surface area contributed by atoms with E-state index in [0.717, 1.165) is 31.9 Å². The molecule has 1 aliphatic rings. The van der Waals surface area contributed by atoms with Crippen LogP contribution in [0.2, 0.25) is 0 Å². The van der Waals surface area contributed by atoms with Gasteiger partial charge in [0.15, 0.2) is 0 Å². The number of aromatic nitrogens is 2.